The van der Waals surface area contributed by atoms with E-state index in [-0.39, 0.29) is 24.2 Å². The summed E-state index contributed by atoms with van der Waals surface area (Å²) in [6.45, 7) is 4.37. The molecule has 0 aliphatic heterocycles. The van der Waals surface area contributed by atoms with Gasteiger partial charge in [-0.15, -0.1) is 11.3 Å². The van der Waals surface area contributed by atoms with Crippen LogP contribution >= 0.6 is 34.5 Å². The fourth-order valence-corrected chi connectivity index (χ4v) is 4.93. The lowest BCUT2D eigenvalue weighted by Crippen LogP contribution is -2.49. The van der Waals surface area contributed by atoms with Gasteiger partial charge in [-0.2, -0.15) is 5.10 Å². The fourth-order valence-electron chi connectivity index (χ4n) is 3.91. The van der Waals surface area contributed by atoms with E-state index in [1.165, 1.54) is 11.3 Å². The first-order chi connectivity index (χ1) is 17.3. The number of nitrogens with zero attached hydrogens (tertiary/aromatic N) is 2. The largest absolute Gasteiger partial charge is 0.344 e. The van der Waals surface area contributed by atoms with Crippen LogP contribution in [-0.4, -0.2) is 28.6 Å². The van der Waals surface area contributed by atoms with E-state index in [2.05, 4.69) is 20.4 Å². The van der Waals surface area contributed by atoms with E-state index in [0.717, 1.165) is 26.9 Å². The first kappa shape index (κ1) is 25.9. The zero-order valence-electron chi connectivity index (χ0n) is 19.9. The minimum Gasteiger partial charge on any atom is -0.344 e. The van der Waals surface area contributed by atoms with Crippen molar-refractivity contribution in [2.45, 2.75) is 32.9 Å². The van der Waals surface area contributed by atoms with Crippen LogP contribution in [0.5, 0.6) is 0 Å². The molecule has 0 saturated heterocycles. The van der Waals surface area contributed by atoms with Crippen LogP contribution in [0.15, 0.2) is 71.3 Å². The molecule has 0 aliphatic carbocycles. The number of halogens is 2. The molecular formula is C27H26Cl2N4O2S. The highest BCUT2D eigenvalue weighted by Gasteiger charge is 2.24. The first-order valence-electron chi connectivity index (χ1n) is 11.5. The smallest absolute Gasteiger partial charge is 0.262 e. The van der Waals surface area contributed by atoms with E-state index in [4.69, 9.17) is 23.2 Å². The molecule has 0 spiro atoms. The molecule has 0 unspecified atom stereocenters. The molecule has 0 fully saturated rings. The number of rotatable bonds is 9. The summed E-state index contributed by atoms with van der Waals surface area (Å²) >= 11 is 13.8. The van der Waals surface area contributed by atoms with Gasteiger partial charge < -0.3 is 9.88 Å². The molecule has 1 atom stereocenters. The minimum absolute atomic E-state index is 0.0967. The minimum atomic E-state index is -0.689. The summed E-state index contributed by atoms with van der Waals surface area (Å²) in [6.07, 6.45) is 3.85. The second-order valence-corrected chi connectivity index (χ2v) is 10.6. The lowest BCUT2D eigenvalue weighted by Gasteiger charge is -2.20. The van der Waals surface area contributed by atoms with Crippen LogP contribution in [0, 0.1) is 5.92 Å². The van der Waals surface area contributed by atoms with Crippen LogP contribution in [0.25, 0.3) is 10.9 Å². The molecule has 2 aromatic heterocycles. The predicted molar refractivity (Wildman–Crippen MR) is 148 cm³/mol. The monoisotopic (exact) mass is 540 g/mol. The summed E-state index contributed by atoms with van der Waals surface area (Å²) in [6, 6.07) is 16.7. The van der Waals surface area contributed by atoms with Crippen LogP contribution in [0.1, 0.15) is 29.9 Å². The van der Waals surface area contributed by atoms with Gasteiger partial charge in [-0.1, -0.05) is 67.4 Å². The number of hydrogen-bond donors (Lipinski definition) is 2. The van der Waals surface area contributed by atoms with Crippen molar-refractivity contribution in [2.24, 2.45) is 11.0 Å². The van der Waals surface area contributed by atoms with Crippen LogP contribution < -0.4 is 10.7 Å². The topological polar surface area (TPSA) is 75.5 Å². The Morgan fingerprint density at radius 1 is 1.08 bits per heavy atom. The van der Waals surface area contributed by atoms with Gasteiger partial charge >= 0.3 is 0 Å². The Bertz CT molecular complexity index is 1400. The molecule has 0 radical (unpaired) electrons. The lowest BCUT2D eigenvalue weighted by atomic mass is 10.0. The average molecular weight is 542 g/mol. The molecule has 36 heavy (non-hydrogen) atoms. The Morgan fingerprint density at radius 2 is 1.89 bits per heavy atom. The zero-order chi connectivity index (χ0) is 25.7. The zero-order valence-corrected chi connectivity index (χ0v) is 22.2. The molecular weight excluding hydrogens is 515 g/mol. The molecule has 4 rings (SSSR count). The number of carbonyl (C=O) groups excluding carboxylic acids is 2. The van der Waals surface area contributed by atoms with Crippen LogP contribution in [0.4, 0.5) is 0 Å². The highest BCUT2D eigenvalue weighted by Crippen LogP contribution is 2.25. The van der Waals surface area contributed by atoms with Gasteiger partial charge in [0.15, 0.2) is 0 Å². The van der Waals surface area contributed by atoms with Gasteiger partial charge in [-0.05, 0) is 41.1 Å². The number of aromatic nitrogens is 1. The van der Waals surface area contributed by atoms with E-state index >= 15 is 0 Å². The van der Waals surface area contributed by atoms with E-state index < -0.39 is 6.04 Å². The second-order valence-electron chi connectivity index (χ2n) is 8.76. The highest BCUT2D eigenvalue weighted by atomic mass is 35.5. The Balaban J connectivity index is 1.46. The Kier molecular flexibility index (Phi) is 8.46. The maximum absolute atomic E-state index is 12.8. The molecule has 2 amide bonds. The van der Waals surface area contributed by atoms with Gasteiger partial charge in [0, 0.05) is 34.1 Å². The molecule has 2 N–H and O–H groups in total. The Labute approximate surface area is 223 Å². The number of para-hydroxylation sites is 1. The summed E-state index contributed by atoms with van der Waals surface area (Å²) < 4.78 is 2.10. The summed E-state index contributed by atoms with van der Waals surface area (Å²) in [5.74, 6) is -0.651. The van der Waals surface area contributed by atoms with Crippen molar-refractivity contribution in [3.8, 4) is 0 Å². The number of hydrazone groups is 1. The van der Waals surface area contributed by atoms with Crippen molar-refractivity contribution in [1.29, 1.82) is 0 Å². The molecule has 186 valence electrons. The molecule has 6 nitrogen and oxygen atoms in total. The predicted octanol–water partition coefficient (Wildman–Crippen LogP) is 5.89. The van der Waals surface area contributed by atoms with Gasteiger partial charge in [0.2, 0.25) is 5.91 Å². The van der Waals surface area contributed by atoms with E-state index in [9.17, 15) is 9.59 Å². The summed E-state index contributed by atoms with van der Waals surface area (Å²) in [7, 11) is 0. The molecule has 0 aliphatic rings. The van der Waals surface area contributed by atoms with Crippen molar-refractivity contribution in [2.75, 3.05) is 0 Å². The van der Waals surface area contributed by atoms with E-state index in [1.54, 1.807) is 12.3 Å². The Hall–Kier alpha value is -3.13. The van der Waals surface area contributed by atoms with Gasteiger partial charge in [0.1, 0.15) is 6.04 Å². The third kappa shape index (κ3) is 6.35. The molecule has 2 heterocycles. The van der Waals surface area contributed by atoms with Crippen molar-refractivity contribution in [3.63, 3.8) is 0 Å². The number of benzene rings is 2. The molecule has 4 aromatic rings. The third-order valence-corrected chi connectivity index (χ3v) is 7.33. The summed E-state index contributed by atoms with van der Waals surface area (Å²) in [5.41, 5.74) is 5.49. The van der Waals surface area contributed by atoms with Crippen molar-refractivity contribution >= 4 is 63.5 Å². The van der Waals surface area contributed by atoms with Crippen LogP contribution in [0.3, 0.4) is 0 Å². The number of thiophene rings is 1. The maximum atomic E-state index is 12.8. The van der Waals surface area contributed by atoms with Crippen LogP contribution in [-0.2, 0) is 22.6 Å². The van der Waals surface area contributed by atoms with Crippen molar-refractivity contribution < 1.29 is 9.59 Å². The van der Waals surface area contributed by atoms with Gasteiger partial charge in [0.05, 0.1) is 22.7 Å². The molecule has 0 bridgehead atoms. The third-order valence-electron chi connectivity index (χ3n) is 5.72. The van der Waals surface area contributed by atoms with Crippen LogP contribution in [0.2, 0.25) is 10.0 Å². The number of fused-ring (bicyclic) bond motifs is 1. The SMILES string of the molecule is CC(C)[C@H](NC(=O)Cc1cccs1)C(=O)N/N=C\c1cn(Cc2ccc(Cl)c(Cl)c2)c2ccccc12. The molecule has 9 heteroatoms. The lowest BCUT2D eigenvalue weighted by molar-refractivity contribution is -0.129. The Morgan fingerprint density at radius 3 is 2.61 bits per heavy atom. The van der Waals surface area contributed by atoms with Gasteiger partial charge in [-0.25, -0.2) is 5.43 Å². The first-order valence-corrected chi connectivity index (χ1v) is 13.1. The average Bonchev–Trinajstić information content (AvgIpc) is 3.48. The van der Waals surface area contributed by atoms with E-state index in [0.29, 0.717) is 16.6 Å². The molecule has 2 aromatic carbocycles. The van der Waals surface area contributed by atoms with Gasteiger partial charge in [0.25, 0.3) is 5.91 Å². The number of amides is 2. The van der Waals surface area contributed by atoms with Crippen molar-refractivity contribution in [3.05, 3.63) is 92.2 Å². The fraction of sp³-hybridized carbons (Fsp3) is 0.222. The second kappa shape index (κ2) is 11.7. The number of hydrogen-bond acceptors (Lipinski definition) is 4. The normalized spacial score (nSPS) is 12.4. The number of carbonyl (C=O) groups is 2. The van der Waals surface area contributed by atoms with Crippen molar-refractivity contribution in [1.82, 2.24) is 15.3 Å². The van der Waals surface area contributed by atoms with E-state index in [1.807, 2.05) is 74.0 Å². The maximum Gasteiger partial charge on any atom is 0.262 e. The molecule has 0 saturated carbocycles. The highest BCUT2D eigenvalue weighted by molar-refractivity contribution is 7.10. The summed E-state index contributed by atoms with van der Waals surface area (Å²) in [4.78, 5) is 26.2. The quantitative estimate of drug-likeness (QED) is 0.205. The van der Waals surface area contributed by atoms with Gasteiger partial charge in [-0.3, -0.25) is 9.59 Å². The standard InChI is InChI=1S/C27H26Cl2N4O2S/c1-17(2)26(31-25(34)13-20-6-5-11-36-20)27(35)32-30-14-19-16-33(24-8-4-3-7-21(19)24)15-18-9-10-22(28)23(29)12-18/h3-12,14,16-17,26H,13,15H2,1-2H3,(H,31,34)(H,32,35)/b30-14-/t26-/m0/s1. The summed E-state index contributed by atoms with van der Waals surface area (Å²) in [5, 5.41) is 11.0. The number of nitrogens with one attached hydrogen (secondary N) is 2.